The molecule has 0 saturated carbocycles. The SMILES string of the molecule is COc1ccc2c(c1)sc1nc(-c3ccc(O)c(OC)c3)c(Nc3ccccc3C)n12. The van der Waals surface area contributed by atoms with E-state index >= 15 is 0 Å². The average Bonchev–Trinajstić information content (AvgIpc) is 3.31. The normalized spacial score (nSPS) is 11.2. The third-order valence-electron chi connectivity index (χ3n) is 5.31. The number of thiazole rings is 1. The van der Waals surface area contributed by atoms with E-state index in [-0.39, 0.29) is 5.75 Å². The minimum absolute atomic E-state index is 0.0956. The minimum atomic E-state index is 0.0956. The first-order chi connectivity index (χ1) is 15.1. The number of benzene rings is 3. The Bertz CT molecular complexity index is 1420. The van der Waals surface area contributed by atoms with Gasteiger partial charge in [-0.2, -0.15) is 0 Å². The van der Waals surface area contributed by atoms with Crippen LogP contribution in [-0.4, -0.2) is 28.7 Å². The Kier molecular flexibility index (Phi) is 4.67. The van der Waals surface area contributed by atoms with Crippen LogP contribution in [0.25, 0.3) is 26.4 Å². The summed E-state index contributed by atoms with van der Waals surface area (Å²) < 4.78 is 13.9. The maximum atomic E-state index is 10.0. The number of imidazole rings is 1. The lowest BCUT2D eigenvalue weighted by atomic mass is 10.1. The van der Waals surface area contributed by atoms with Crippen molar-refractivity contribution in [3.63, 3.8) is 0 Å². The first kappa shape index (κ1) is 19.3. The molecule has 0 saturated heterocycles. The van der Waals surface area contributed by atoms with Crippen LogP contribution in [-0.2, 0) is 0 Å². The summed E-state index contributed by atoms with van der Waals surface area (Å²) >= 11 is 1.60. The zero-order valence-electron chi connectivity index (χ0n) is 17.3. The Balaban J connectivity index is 1.77. The molecule has 0 amide bonds. The number of aromatic hydroxyl groups is 1. The van der Waals surface area contributed by atoms with Gasteiger partial charge in [-0.15, -0.1) is 0 Å². The summed E-state index contributed by atoms with van der Waals surface area (Å²) in [5, 5.41) is 13.6. The number of aryl methyl sites for hydroxylation is 1. The molecule has 0 aliphatic heterocycles. The number of methoxy groups -OCH3 is 2. The highest BCUT2D eigenvalue weighted by molar-refractivity contribution is 7.23. The molecule has 0 aliphatic rings. The van der Waals surface area contributed by atoms with Gasteiger partial charge in [-0.05, 0) is 55.0 Å². The minimum Gasteiger partial charge on any atom is -0.504 e. The molecule has 2 aromatic heterocycles. The molecule has 0 fully saturated rings. The van der Waals surface area contributed by atoms with E-state index in [0.717, 1.165) is 49.3 Å². The number of phenolic OH excluding ortho intramolecular Hbond substituents is 1. The van der Waals surface area contributed by atoms with Gasteiger partial charge < -0.3 is 19.9 Å². The van der Waals surface area contributed by atoms with Gasteiger partial charge >= 0.3 is 0 Å². The zero-order valence-corrected chi connectivity index (χ0v) is 18.2. The number of hydrogen-bond acceptors (Lipinski definition) is 6. The molecular weight excluding hydrogens is 410 g/mol. The third kappa shape index (κ3) is 3.23. The Hall–Kier alpha value is -3.71. The summed E-state index contributed by atoms with van der Waals surface area (Å²) in [6.45, 7) is 2.07. The van der Waals surface area contributed by atoms with E-state index in [1.165, 1.54) is 7.11 Å². The van der Waals surface area contributed by atoms with Crippen LogP contribution >= 0.6 is 11.3 Å². The Morgan fingerprint density at radius 2 is 1.84 bits per heavy atom. The third-order valence-corrected chi connectivity index (χ3v) is 6.31. The van der Waals surface area contributed by atoms with Crippen LogP contribution in [0.3, 0.4) is 0 Å². The molecule has 0 unspecified atom stereocenters. The lowest BCUT2D eigenvalue weighted by molar-refractivity contribution is 0.373. The van der Waals surface area contributed by atoms with E-state index in [2.05, 4.69) is 22.7 Å². The van der Waals surface area contributed by atoms with Crippen LogP contribution in [0.4, 0.5) is 11.5 Å². The number of anilines is 2. The summed E-state index contributed by atoms with van der Waals surface area (Å²) in [7, 11) is 3.21. The Labute approximate surface area is 183 Å². The number of para-hydroxylation sites is 1. The van der Waals surface area contributed by atoms with Crippen molar-refractivity contribution >= 4 is 38.0 Å². The molecule has 0 aliphatic carbocycles. The molecule has 0 spiro atoms. The summed E-state index contributed by atoms with van der Waals surface area (Å²) in [5.74, 6) is 2.17. The number of ether oxygens (including phenoxy) is 2. The second-order valence-electron chi connectivity index (χ2n) is 7.19. The predicted octanol–water partition coefficient (Wildman–Crippen LogP) is 5.99. The van der Waals surface area contributed by atoms with E-state index < -0.39 is 0 Å². The smallest absolute Gasteiger partial charge is 0.197 e. The topological polar surface area (TPSA) is 68.0 Å². The van der Waals surface area contributed by atoms with Crippen molar-refractivity contribution in [1.82, 2.24) is 9.38 Å². The van der Waals surface area contributed by atoms with Crippen LogP contribution in [0.2, 0.25) is 0 Å². The van der Waals surface area contributed by atoms with Gasteiger partial charge in [0.05, 0.1) is 24.4 Å². The molecule has 156 valence electrons. The number of rotatable bonds is 5. The zero-order chi connectivity index (χ0) is 21.5. The van der Waals surface area contributed by atoms with Gasteiger partial charge in [0.25, 0.3) is 0 Å². The van der Waals surface area contributed by atoms with Gasteiger partial charge in [-0.25, -0.2) is 4.98 Å². The van der Waals surface area contributed by atoms with Crippen molar-refractivity contribution in [2.24, 2.45) is 0 Å². The maximum absolute atomic E-state index is 10.0. The van der Waals surface area contributed by atoms with Crippen LogP contribution in [0, 0.1) is 6.92 Å². The predicted molar refractivity (Wildman–Crippen MR) is 125 cm³/mol. The van der Waals surface area contributed by atoms with E-state index in [1.807, 2.05) is 42.5 Å². The quantitative estimate of drug-likeness (QED) is 0.358. The maximum Gasteiger partial charge on any atom is 0.197 e. The first-order valence-electron chi connectivity index (χ1n) is 9.78. The van der Waals surface area contributed by atoms with Crippen molar-refractivity contribution in [3.05, 3.63) is 66.2 Å². The van der Waals surface area contributed by atoms with E-state index in [0.29, 0.717) is 5.75 Å². The van der Waals surface area contributed by atoms with E-state index in [1.54, 1.807) is 30.6 Å². The standard InChI is InChI=1S/C24H21N3O3S/c1-14-6-4-5-7-17(14)25-23-22(15-8-11-19(28)20(12-15)30-3)26-24-27(23)18-10-9-16(29-2)13-21(18)31-24/h4-13,25,28H,1-3H3. The molecule has 2 N–H and O–H groups in total. The molecular formula is C24H21N3O3S. The van der Waals surface area contributed by atoms with Gasteiger partial charge in [-0.3, -0.25) is 4.40 Å². The average molecular weight is 432 g/mol. The highest BCUT2D eigenvalue weighted by atomic mass is 32.1. The number of aromatic nitrogens is 2. The van der Waals surface area contributed by atoms with Crippen LogP contribution in [0.1, 0.15) is 5.56 Å². The highest BCUT2D eigenvalue weighted by Crippen LogP contribution is 2.40. The van der Waals surface area contributed by atoms with Crippen molar-refractivity contribution in [1.29, 1.82) is 0 Å². The molecule has 0 atom stereocenters. The fourth-order valence-corrected chi connectivity index (χ4v) is 4.71. The lowest BCUT2D eigenvalue weighted by Crippen LogP contribution is -1.98. The molecule has 5 aromatic rings. The molecule has 2 heterocycles. The monoisotopic (exact) mass is 431 g/mol. The molecule has 6 nitrogen and oxygen atoms in total. The Morgan fingerprint density at radius 1 is 1.00 bits per heavy atom. The van der Waals surface area contributed by atoms with Crippen molar-refractivity contribution in [2.75, 3.05) is 19.5 Å². The van der Waals surface area contributed by atoms with E-state index in [9.17, 15) is 5.11 Å². The molecule has 0 radical (unpaired) electrons. The van der Waals surface area contributed by atoms with Crippen molar-refractivity contribution < 1.29 is 14.6 Å². The van der Waals surface area contributed by atoms with Crippen molar-refractivity contribution in [3.8, 4) is 28.5 Å². The van der Waals surface area contributed by atoms with Crippen molar-refractivity contribution in [2.45, 2.75) is 6.92 Å². The van der Waals surface area contributed by atoms with Gasteiger partial charge in [0.1, 0.15) is 17.3 Å². The van der Waals surface area contributed by atoms with Gasteiger partial charge in [0, 0.05) is 11.3 Å². The molecule has 0 bridgehead atoms. The number of nitrogens with one attached hydrogen (secondary N) is 1. The number of nitrogens with zero attached hydrogens (tertiary/aromatic N) is 2. The van der Waals surface area contributed by atoms with Crippen LogP contribution < -0.4 is 14.8 Å². The van der Waals surface area contributed by atoms with Gasteiger partial charge in [-0.1, -0.05) is 29.5 Å². The summed E-state index contributed by atoms with van der Waals surface area (Å²) in [5.41, 5.74) is 4.81. The summed E-state index contributed by atoms with van der Waals surface area (Å²) in [6.07, 6.45) is 0. The van der Waals surface area contributed by atoms with Crippen LogP contribution in [0.15, 0.2) is 60.7 Å². The molecule has 7 heteroatoms. The number of hydrogen-bond donors (Lipinski definition) is 2. The first-order valence-corrected chi connectivity index (χ1v) is 10.6. The van der Waals surface area contributed by atoms with E-state index in [4.69, 9.17) is 14.5 Å². The lowest BCUT2D eigenvalue weighted by Gasteiger charge is -2.12. The number of phenols is 1. The van der Waals surface area contributed by atoms with Gasteiger partial charge in [0.15, 0.2) is 16.5 Å². The molecule has 3 aromatic carbocycles. The van der Waals surface area contributed by atoms with Gasteiger partial charge in [0.2, 0.25) is 0 Å². The fraction of sp³-hybridized carbons (Fsp3) is 0.125. The number of fused-ring (bicyclic) bond motifs is 3. The second-order valence-corrected chi connectivity index (χ2v) is 8.20. The second kappa shape index (κ2) is 7.52. The van der Waals surface area contributed by atoms with Crippen LogP contribution in [0.5, 0.6) is 17.2 Å². The summed E-state index contributed by atoms with van der Waals surface area (Å²) in [6, 6.07) is 19.4. The molecule has 5 rings (SSSR count). The largest absolute Gasteiger partial charge is 0.504 e. The summed E-state index contributed by atoms with van der Waals surface area (Å²) in [4.78, 5) is 5.81. The Morgan fingerprint density at radius 3 is 2.61 bits per heavy atom. The molecule has 31 heavy (non-hydrogen) atoms. The highest BCUT2D eigenvalue weighted by Gasteiger charge is 2.20. The fourth-order valence-electron chi connectivity index (χ4n) is 3.66.